The summed E-state index contributed by atoms with van der Waals surface area (Å²) in [6.07, 6.45) is 8.56. The van der Waals surface area contributed by atoms with Crippen molar-refractivity contribution in [1.29, 1.82) is 0 Å². The van der Waals surface area contributed by atoms with Gasteiger partial charge in [0.05, 0.1) is 16.7 Å². The van der Waals surface area contributed by atoms with E-state index in [1.807, 2.05) is 12.1 Å². The monoisotopic (exact) mass is 350 g/mol. The molecule has 3 rings (SSSR count). The van der Waals surface area contributed by atoms with Crippen LogP contribution in [0.25, 0.3) is 16.4 Å². The number of hydrogen-bond acceptors (Lipinski definition) is 3. The van der Waals surface area contributed by atoms with Crippen LogP contribution in [0, 0.1) is 5.82 Å². The first-order valence-corrected chi connectivity index (χ1v) is 8.74. The standard InChI is InChI=1S/C21H23FN4/c1-4-6-8-15(14(3)7-5-2)11-17-13-20-18-12-16(22)9-10-19(18)24-21(23)26(20)25-17/h4,6,8-10,12-13H,1,5,7,11H2,2-3H3,(H2,23,24)/b8-6-,15-14+. The Kier molecular flexibility index (Phi) is 5.16. The van der Waals surface area contributed by atoms with Gasteiger partial charge in [-0.1, -0.05) is 43.7 Å². The number of nitrogens with two attached hydrogens (primary N) is 1. The summed E-state index contributed by atoms with van der Waals surface area (Å²) in [5.41, 5.74) is 10.9. The Balaban J connectivity index is 2.10. The molecule has 0 saturated carbocycles. The number of benzene rings is 1. The molecular formula is C21H23FN4. The van der Waals surface area contributed by atoms with Gasteiger partial charge >= 0.3 is 0 Å². The number of anilines is 1. The van der Waals surface area contributed by atoms with Gasteiger partial charge in [-0.25, -0.2) is 9.37 Å². The summed E-state index contributed by atoms with van der Waals surface area (Å²) < 4.78 is 15.3. The van der Waals surface area contributed by atoms with Crippen LogP contribution in [0.2, 0.25) is 0 Å². The van der Waals surface area contributed by atoms with E-state index >= 15 is 0 Å². The summed E-state index contributed by atoms with van der Waals surface area (Å²) >= 11 is 0. The molecule has 1 aromatic carbocycles. The average Bonchev–Trinajstić information content (AvgIpc) is 3.04. The van der Waals surface area contributed by atoms with Crippen LogP contribution < -0.4 is 5.73 Å². The minimum Gasteiger partial charge on any atom is -0.368 e. The van der Waals surface area contributed by atoms with E-state index in [0.29, 0.717) is 23.3 Å². The van der Waals surface area contributed by atoms with E-state index < -0.39 is 0 Å². The normalized spacial score (nSPS) is 12.9. The molecule has 0 aliphatic carbocycles. The van der Waals surface area contributed by atoms with E-state index in [0.717, 1.165) is 24.1 Å². The van der Waals surface area contributed by atoms with Crippen molar-refractivity contribution in [2.45, 2.75) is 33.1 Å². The van der Waals surface area contributed by atoms with Crippen molar-refractivity contribution >= 4 is 22.4 Å². The molecule has 0 aliphatic rings. The van der Waals surface area contributed by atoms with E-state index in [4.69, 9.17) is 5.73 Å². The lowest BCUT2D eigenvalue weighted by atomic mass is 10.00. The van der Waals surface area contributed by atoms with Gasteiger partial charge in [0, 0.05) is 11.8 Å². The minimum absolute atomic E-state index is 0.294. The van der Waals surface area contributed by atoms with Gasteiger partial charge in [-0.15, -0.1) is 0 Å². The van der Waals surface area contributed by atoms with Crippen molar-refractivity contribution in [1.82, 2.24) is 14.6 Å². The molecule has 0 spiro atoms. The van der Waals surface area contributed by atoms with E-state index in [1.54, 1.807) is 16.7 Å². The fourth-order valence-corrected chi connectivity index (χ4v) is 3.13. The first-order valence-electron chi connectivity index (χ1n) is 8.74. The van der Waals surface area contributed by atoms with Gasteiger partial charge in [0.1, 0.15) is 5.82 Å². The number of aromatic nitrogens is 3. The Hall–Kier alpha value is -2.95. The molecule has 0 radical (unpaired) electrons. The summed E-state index contributed by atoms with van der Waals surface area (Å²) in [6, 6.07) is 6.45. The first kappa shape index (κ1) is 17.9. The van der Waals surface area contributed by atoms with Crippen LogP contribution in [0.1, 0.15) is 32.4 Å². The number of hydrogen-bond donors (Lipinski definition) is 1. The highest BCUT2D eigenvalue weighted by Gasteiger charge is 2.12. The molecule has 0 bridgehead atoms. The molecule has 26 heavy (non-hydrogen) atoms. The zero-order valence-electron chi connectivity index (χ0n) is 15.2. The summed E-state index contributed by atoms with van der Waals surface area (Å²) in [6.45, 7) is 8.05. The lowest BCUT2D eigenvalue weighted by Gasteiger charge is -2.06. The number of allylic oxidation sites excluding steroid dienone is 5. The van der Waals surface area contributed by atoms with Crippen LogP contribution in [0.15, 0.2) is 60.2 Å². The second-order valence-electron chi connectivity index (χ2n) is 6.39. The summed E-state index contributed by atoms with van der Waals surface area (Å²) in [4.78, 5) is 4.32. The van der Waals surface area contributed by atoms with Gasteiger partial charge in [0.15, 0.2) is 0 Å². The SMILES string of the molecule is C=C/C=C\C(Cc1cc2c3cc(F)ccc3nc(N)n2n1)=C(\C)CCC. The molecule has 134 valence electrons. The summed E-state index contributed by atoms with van der Waals surface area (Å²) in [5, 5.41) is 5.30. The highest BCUT2D eigenvalue weighted by Crippen LogP contribution is 2.24. The fraction of sp³-hybridized carbons (Fsp3) is 0.238. The third kappa shape index (κ3) is 3.52. The van der Waals surface area contributed by atoms with Gasteiger partial charge in [-0.2, -0.15) is 9.61 Å². The third-order valence-electron chi connectivity index (χ3n) is 4.42. The molecule has 0 fully saturated rings. The maximum atomic E-state index is 13.7. The topological polar surface area (TPSA) is 56.2 Å². The zero-order valence-corrected chi connectivity index (χ0v) is 15.2. The Morgan fingerprint density at radius 1 is 1.35 bits per heavy atom. The largest absolute Gasteiger partial charge is 0.368 e. The van der Waals surface area contributed by atoms with Crippen LogP contribution in [0.5, 0.6) is 0 Å². The second kappa shape index (κ2) is 7.52. The lowest BCUT2D eigenvalue weighted by Crippen LogP contribution is -2.03. The van der Waals surface area contributed by atoms with Crippen LogP contribution in [0.4, 0.5) is 10.3 Å². The van der Waals surface area contributed by atoms with Crippen molar-refractivity contribution in [2.24, 2.45) is 0 Å². The maximum absolute atomic E-state index is 13.7. The molecule has 5 heteroatoms. The van der Waals surface area contributed by atoms with Gasteiger partial charge in [-0.05, 0) is 43.2 Å². The maximum Gasteiger partial charge on any atom is 0.222 e. The summed E-state index contributed by atoms with van der Waals surface area (Å²) in [5.74, 6) is -0.00943. The van der Waals surface area contributed by atoms with E-state index in [1.165, 1.54) is 23.3 Å². The Labute approximate surface area is 152 Å². The fourth-order valence-electron chi connectivity index (χ4n) is 3.13. The smallest absolute Gasteiger partial charge is 0.222 e. The van der Waals surface area contributed by atoms with Crippen LogP contribution in [-0.2, 0) is 6.42 Å². The number of fused-ring (bicyclic) bond motifs is 3. The van der Waals surface area contributed by atoms with Gasteiger partial charge < -0.3 is 5.73 Å². The molecular weight excluding hydrogens is 327 g/mol. The average molecular weight is 350 g/mol. The van der Waals surface area contributed by atoms with Crippen molar-refractivity contribution in [3.63, 3.8) is 0 Å². The molecule has 0 atom stereocenters. The predicted molar refractivity (Wildman–Crippen MR) is 106 cm³/mol. The van der Waals surface area contributed by atoms with Crippen molar-refractivity contribution in [2.75, 3.05) is 5.73 Å². The van der Waals surface area contributed by atoms with Crippen LogP contribution >= 0.6 is 0 Å². The molecule has 0 saturated heterocycles. The highest BCUT2D eigenvalue weighted by molar-refractivity contribution is 5.94. The molecule has 0 aliphatic heterocycles. The number of halogens is 1. The van der Waals surface area contributed by atoms with Crippen LogP contribution in [0.3, 0.4) is 0 Å². The Morgan fingerprint density at radius 2 is 2.15 bits per heavy atom. The number of nitrogen functional groups attached to an aromatic ring is 1. The number of rotatable bonds is 6. The quantitative estimate of drug-likeness (QED) is 0.636. The number of nitrogens with zero attached hydrogens (tertiary/aromatic N) is 3. The van der Waals surface area contributed by atoms with E-state index in [9.17, 15) is 4.39 Å². The highest BCUT2D eigenvalue weighted by atomic mass is 19.1. The van der Waals surface area contributed by atoms with Gasteiger partial charge in [0.2, 0.25) is 5.95 Å². The first-order chi connectivity index (χ1) is 12.5. The summed E-state index contributed by atoms with van der Waals surface area (Å²) in [7, 11) is 0. The molecule has 2 N–H and O–H groups in total. The molecule has 0 unspecified atom stereocenters. The van der Waals surface area contributed by atoms with Gasteiger partial charge in [-0.3, -0.25) is 0 Å². The van der Waals surface area contributed by atoms with Crippen LogP contribution in [-0.4, -0.2) is 14.6 Å². The molecule has 2 aromatic heterocycles. The lowest BCUT2D eigenvalue weighted by molar-refractivity contribution is 0.629. The third-order valence-corrected chi connectivity index (χ3v) is 4.42. The van der Waals surface area contributed by atoms with Gasteiger partial charge in [0.25, 0.3) is 0 Å². The Morgan fingerprint density at radius 3 is 2.88 bits per heavy atom. The van der Waals surface area contributed by atoms with Crippen molar-refractivity contribution in [3.8, 4) is 0 Å². The van der Waals surface area contributed by atoms with E-state index in [-0.39, 0.29) is 5.82 Å². The zero-order chi connectivity index (χ0) is 18.7. The molecule has 2 heterocycles. The van der Waals surface area contributed by atoms with Crippen molar-refractivity contribution < 1.29 is 4.39 Å². The molecule has 3 aromatic rings. The second-order valence-corrected chi connectivity index (χ2v) is 6.39. The van der Waals surface area contributed by atoms with Crippen molar-refractivity contribution in [3.05, 3.63) is 71.7 Å². The van der Waals surface area contributed by atoms with E-state index in [2.05, 4.69) is 36.6 Å². The predicted octanol–water partition coefficient (Wildman–Crippen LogP) is 5.01. The Bertz CT molecular complexity index is 1030. The molecule has 0 amide bonds. The molecule has 4 nitrogen and oxygen atoms in total. The minimum atomic E-state index is -0.304.